The molecule has 0 aliphatic rings. The second-order valence-electron chi connectivity index (χ2n) is 1.85. The van der Waals surface area contributed by atoms with Gasteiger partial charge in [0.15, 0.2) is 6.04 Å². The zero-order valence-corrected chi connectivity index (χ0v) is 6.31. The summed E-state index contributed by atoms with van der Waals surface area (Å²) in [6.07, 6.45) is 0.608. The molecule has 0 fully saturated rings. The Morgan fingerprint density at radius 3 is 2.58 bits per heavy atom. The number of esters is 1. The Labute approximate surface area is 67.9 Å². The first-order chi connectivity index (χ1) is 5.61. The van der Waals surface area contributed by atoms with Crippen LogP contribution in [0, 0.1) is 0 Å². The van der Waals surface area contributed by atoms with Crippen LogP contribution in [0.2, 0.25) is 0 Å². The van der Waals surface area contributed by atoms with Gasteiger partial charge in [0, 0.05) is 0 Å². The van der Waals surface area contributed by atoms with Crippen molar-refractivity contribution in [3.05, 3.63) is 0 Å². The molecule has 0 aliphatic carbocycles. The fourth-order valence-corrected chi connectivity index (χ4v) is 0.493. The average molecular weight is 173 g/mol. The van der Waals surface area contributed by atoms with Crippen LogP contribution in [0.5, 0.6) is 0 Å². The molecular weight excluding hydrogens is 166 g/mol. The molecule has 6 heteroatoms. The number of ether oxygens (including phenoxy) is 1. The van der Waals surface area contributed by atoms with Gasteiger partial charge in [-0.2, -0.15) is 4.99 Å². The van der Waals surface area contributed by atoms with Gasteiger partial charge in [-0.05, 0) is 0 Å². The summed E-state index contributed by atoms with van der Waals surface area (Å²) in [4.78, 5) is 33.4. The van der Waals surface area contributed by atoms with E-state index in [0.29, 0.717) is 0 Å². The van der Waals surface area contributed by atoms with E-state index in [-0.39, 0.29) is 0 Å². The molecule has 1 atom stereocenters. The van der Waals surface area contributed by atoms with E-state index in [0.717, 1.165) is 13.2 Å². The lowest BCUT2D eigenvalue weighted by atomic mass is 10.2. The van der Waals surface area contributed by atoms with Crippen molar-refractivity contribution in [3.63, 3.8) is 0 Å². The summed E-state index contributed by atoms with van der Waals surface area (Å²) in [6, 6.07) is -1.39. The first-order valence-corrected chi connectivity index (χ1v) is 2.98. The summed E-state index contributed by atoms with van der Waals surface area (Å²) < 4.78 is 4.19. The quantitative estimate of drug-likeness (QED) is 0.346. The molecule has 0 saturated carbocycles. The number of carbonyl (C=O) groups excluding carboxylic acids is 2. The lowest BCUT2D eigenvalue weighted by molar-refractivity contribution is -0.146. The van der Waals surface area contributed by atoms with Gasteiger partial charge in [0.2, 0.25) is 6.08 Å². The van der Waals surface area contributed by atoms with Crippen LogP contribution in [-0.2, 0) is 19.1 Å². The van der Waals surface area contributed by atoms with Crippen molar-refractivity contribution < 1.29 is 24.2 Å². The van der Waals surface area contributed by atoms with Crippen LogP contribution in [-0.4, -0.2) is 36.3 Å². The van der Waals surface area contributed by atoms with Crippen molar-refractivity contribution in [2.45, 2.75) is 12.5 Å². The minimum Gasteiger partial charge on any atom is -0.480 e. The zero-order chi connectivity index (χ0) is 9.56. The van der Waals surface area contributed by atoms with Crippen molar-refractivity contribution in [1.82, 2.24) is 0 Å². The van der Waals surface area contributed by atoms with Crippen LogP contribution in [0.3, 0.4) is 0 Å². The molecule has 0 heterocycles. The molecule has 0 aromatic rings. The summed E-state index contributed by atoms with van der Waals surface area (Å²) in [7, 11) is 1.12. The number of carboxylic acid groups (broad SMARTS) is 1. The molecule has 0 aromatic carbocycles. The number of isocyanates is 1. The molecule has 0 spiro atoms. The summed E-state index contributed by atoms with van der Waals surface area (Å²) >= 11 is 0. The predicted molar refractivity (Wildman–Crippen MR) is 36.2 cm³/mol. The lowest BCUT2D eigenvalue weighted by Gasteiger charge is -2.01. The molecule has 0 amide bonds. The topological polar surface area (TPSA) is 93.0 Å². The molecular formula is C6H7NO5. The number of nitrogens with zero attached hydrogens (tertiary/aromatic N) is 1. The molecule has 0 aromatic heterocycles. The van der Waals surface area contributed by atoms with E-state index in [4.69, 9.17) is 5.11 Å². The van der Waals surface area contributed by atoms with Gasteiger partial charge in [-0.15, -0.1) is 0 Å². The summed E-state index contributed by atoms with van der Waals surface area (Å²) in [5.74, 6) is -2.09. The standard InChI is InChI=1S/C6H7NO5/c1-12-5(9)2-4(6(10)11)7-3-8/h4H,2H2,1H3,(H,10,11). The summed E-state index contributed by atoms with van der Waals surface area (Å²) in [5.41, 5.74) is 0. The maximum absolute atomic E-state index is 10.5. The molecule has 1 unspecified atom stereocenters. The molecule has 12 heavy (non-hydrogen) atoms. The predicted octanol–water partition coefficient (Wildman–Crippen LogP) is -0.662. The minimum absolute atomic E-state index is 0.457. The molecule has 0 saturated heterocycles. The number of aliphatic imine (C=N–C) groups is 1. The lowest BCUT2D eigenvalue weighted by Crippen LogP contribution is -2.22. The van der Waals surface area contributed by atoms with Crippen molar-refractivity contribution in [2.75, 3.05) is 7.11 Å². The fourth-order valence-electron chi connectivity index (χ4n) is 0.493. The third-order valence-electron chi connectivity index (χ3n) is 1.08. The Morgan fingerprint density at radius 2 is 2.25 bits per heavy atom. The first-order valence-electron chi connectivity index (χ1n) is 2.98. The minimum atomic E-state index is -1.39. The smallest absolute Gasteiger partial charge is 0.329 e. The number of carbonyl (C=O) groups is 2. The van der Waals surface area contributed by atoms with E-state index in [1.807, 2.05) is 0 Å². The van der Waals surface area contributed by atoms with Crippen LogP contribution in [0.1, 0.15) is 6.42 Å². The van der Waals surface area contributed by atoms with E-state index in [1.54, 1.807) is 0 Å². The molecule has 66 valence electrons. The van der Waals surface area contributed by atoms with Gasteiger partial charge in [-0.1, -0.05) is 0 Å². The van der Waals surface area contributed by atoms with Crippen LogP contribution >= 0.6 is 0 Å². The number of methoxy groups -OCH3 is 1. The van der Waals surface area contributed by atoms with Crippen molar-refractivity contribution in [1.29, 1.82) is 0 Å². The highest BCUT2D eigenvalue weighted by Gasteiger charge is 2.20. The van der Waals surface area contributed by atoms with Gasteiger partial charge in [-0.3, -0.25) is 4.79 Å². The largest absolute Gasteiger partial charge is 0.480 e. The third-order valence-corrected chi connectivity index (χ3v) is 1.08. The Morgan fingerprint density at radius 1 is 1.67 bits per heavy atom. The third kappa shape index (κ3) is 3.48. The van der Waals surface area contributed by atoms with Gasteiger partial charge < -0.3 is 9.84 Å². The zero-order valence-electron chi connectivity index (χ0n) is 6.31. The van der Waals surface area contributed by atoms with Gasteiger partial charge in [-0.25, -0.2) is 9.59 Å². The SMILES string of the molecule is COC(=O)CC(N=C=O)C(=O)O. The van der Waals surface area contributed by atoms with E-state index in [1.165, 1.54) is 0 Å². The summed E-state index contributed by atoms with van der Waals surface area (Å²) in [5, 5.41) is 8.37. The molecule has 0 radical (unpaired) electrons. The maximum atomic E-state index is 10.5. The van der Waals surface area contributed by atoms with Crippen LogP contribution in [0.25, 0.3) is 0 Å². The Balaban J connectivity index is 4.23. The second-order valence-corrected chi connectivity index (χ2v) is 1.85. The Hall–Kier alpha value is -1.68. The molecule has 1 N–H and O–H groups in total. The second kappa shape index (κ2) is 5.03. The first kappa shape index (κ1) is 10.3. The summed E-state index contributed by atoms with van der Waals surface area (Å²) in [6.45, 7) is 0. The van der Waals surface area contributed by atoms with Gasteiger partial charge in [0.05, 0.1) is 13.5 Å². The van der Waals surface area contributed by atoms with Crippen molar-refractivity contribution >= 4 is 18.0 Å². The highest BCUT2D eigenvalue weighted by Crippen LogP contribution is 1.98. The van der Waals surface area contributed by atoms with Gasteiger partial charge in [0.1, 0.15) is 0 Å². The highest BCUT2D eigenvalue weighted by atomic mass is 16.5. The Kier molecular flexibility index (Phi) is 4.33. The molecule has 0 rings (SSSR count). The number of aliphatic carboxylic acids is 1. The fraction of sp³-hybridized carbons (Fsp3) is 0.500. The number of carboxylic acids is 1. The molecule has 0 aliphatic heterocycles. The number of hydrogen-bond donors (Lipinski definition) is 1. The number of hydrogen-bond acceptors (Lipinski definition) is 5. The van der Waals surface area contributed by atoms with Crippen molar-refractivity contribution in [3.8, 4) is 0 Å². The van der Waals surface area contributed by atoms with Gasteiger partial charge in [0.25, 0.3) is 0 Å². The number of rotatable bonds is 4. The molecule has 6 nitrogen and oxygen atoms in total. The van der Waals surface area contributed by atoms with Crippen molar-refractivity contribution in [2.24, 2.45) is 4.99 Å². The van der Waals surface area contributed by atoms with Gasteiger partial charge >= 0.3 is 11.9 Å². The van der Waals surface area contributed by atoms with E-state index in [2.05, 4.69) is 9.73 Å². The average Bonchev–Trinajstić information content (AvgIpc) is 2.03. The van der Waals surface area contributed by atoms with E-state index in [9.17, 15) is 14.4 Å². The van der Waals surface area contributed by atoms with Crippen LogP contribution in [0.15, 0.2) is 4.99 Å². The maximum Gasteiger partial charge on any atom is 0.329 e. The van der Waals surface area contributed by atoms with E-state index < -0.39 is 24.4 Å². The van der Waals surface area contributed by atoms with Crippen LogP contribution < -0.4 is 0 Å². The normalized spacial score (nSPS) is 11.1. The monoisotopic (exact) mass is 173 g/mol. The highest BCUT2D eigenvalue weighted by molar-refractivity contribution is 5.82. The van der Waals surface area contributed by atoms with Crippen LogP contribution in [0.4, 0.5) is 0 Å². The molecule has 0 bridgehead atoms. The van der Waals surface area contributed by atoms with E-state index >= 15 is 0 Å². The Bertz CT molecular complexity index is 228.